The molecule has 1 atom stereocenters. The van der Waals surface area contributed by atoms with Crippen molar-refractivity contribution < 1.29 is 33.1 Å². The van der Waals surface area contributed by atoms with E-state index in [0.717, 1.165) is 36.8 Å². The Morgan fingerprint density at radius 2 is 1.76 bits per heavy atom. The summed E-state index contributed by atoms with van der Waals surface area (Å²) in [7, 11) is 0. The number of amides is 4. The Kier molecular flexibility index (Phi) is 13.2. The average Bonchev–Trinajstić information content (AvgIpc) is 2.77. The van der Waals surface area contributed by atoms with Gasteiger partial charge in [0.25, 0.3) is 0 Å². The summed E-state index contributed by atoms with van der Waals surface area (Å²) < 4.78 is 18.4. The fraction of sp³-hybridized carbons (Fsp3) is 0.609. The number of ketones is 1. The van der Waals surface area contributed by atoms with Crippen molar-refractivity contribution in [2.45, 2.75) is 83.6 Å². The molecule has 0 aliphatic carbocycles. The number of allylic oxidation sites excluding steroid dienone is 1. The number of unbranched alkanes of at least 4 members (excludes halogenated alkanes) is 5. The van der Waals surface area contributed by atoms with Crippen molar-refractivity contribution >= 4 is 29.6 Å². The molecule has 1 rings (SSSR count). The van der Waals surface area contributed by atoms with Gasteiger partial charge in [0, 0.05) is 19.3 Å². The molecule has 0 aromatic rings. The molecule has 4 amide bonds. The molecule has 0 fully saturated rings. The van der Waals surface area contributed by atoms with Gasteiger partial charge in [0.2, 0.25) is 11.8 Å². The van der Waals surface area contributed by atoms with Crippen LogP contribution in [0.25, 0.3) is 0 Å². The maximum absolute atomic E-state index is 13.5. The van der Waals surface area contributed by atoms with Gasteiger partial charge in [0.05, 0.1) is 24.4 Å². The van der Waals surface area contributed by atoms with Crippen LogP contribution in [0.2, 0.25) is 0 Å². The van der Waals surface area contributed by atoms with E-state index in [1.165, 1.54) is 0 Å². The maximum Gasteiger partial charge on any atom is 0.328 e. The van der Waals surface area contributed by atoms with E-state index in [4.69, 9.17) is 10.5 Å². The summed E-state index contributed by atoms with van der Waals surface area (Å²) in [5.74, 6) is -2.69. The molecule has 190 valence electrons. The molecule has 1 aliphatic heterocycles. The Morgan fingerprint density at radius 1 is 1.12 bits per heavy atom. The van der Waals surface area contributed by atoms with E-state index in [1.807, 2.05) is 0 Å². The topological polar surface area (TPSA) is 148 Å². The number of nitrogens with zero attached hydrogens (tertiary/aromatic N) is 1. The zero-order valence-corrected chi connectivity index (χ0v) is 19.7. The highest BCUT2D eigenvalue weighted by Crippen LogP contribution is 2.14. The highest BCUT2D eigenvalue weighted by atomic mass is 19.1. The van der Waals surface area contributed by atoms with Gasteiger partial charge < -0.3 is 21.1 Å². The van der Waals surface area contributed by atoms with Gasteiger partial charge in [0.15, 0.2) is 18.3 Å². The number of primary amides is 1. The normalized spacial score (nSPS) is 14.2. The maximum atomic E-state index is 13.5. The van der Waals surface area contributed by atoms with Crippen molar-refractivity contribution in [2.75, 3.05) is 6.73 Å². The number of hydrogen-bond acceptors (Lipinski definition) is 6. The number of hydrogen-bond donors (Lipinski definition) is 3. The number of rotatable bonds is 17. The summed E-state index contributed by atoms with van der Waals surface area (Å²) >= 11 is 0. The molecular weight excluding hydrogens is 447 g/mol. The molecule has 10 nitrogen and oxygen atoms in total. The van der Waals surface area contributed by atoms with Crippen molar-refractivity contribution in [2.24, 2.45) is 5.73 Å². The monoisotopic (exact) mass is 482 g/mol. The van der Waals surface area contributed by atoms with Crippen LogP contribution in [-0.4, -0.2) is 47.3 Å². The lowest BCUT2D eigenvalue weighted by atomic mass is 10.0. The van der Waals surface area contributed by atoms with E-state index in [0.29, 0.717) is 19.3 Å². The second kappa shape index (κ2) is 15.6. The number of carbonyl (C=O) groups is 5. The van der Waals surface area contributed by atoms with Gasteiger partial charge in [-0.25, -0.2) is 9.18 Å². The molecule has 4 N–H and O–H groups in total. The van der Waals surface area contributed by atoms with Gasteiger partial charge in [-0.1, -0.05) is 39.2 Å². The summed E-state index contributed by atoms with van der Waals surface area (Å²) in [4.78, 5) is 60.3. The largest absolute Gasteiger partial charge is 0.444 e. The van der Waals surface area contributed by atoms with E-state index in [9.17, 15) is 28.4 Å². The number of nitrogens with one attached hydrogen (secondary N) is 2. The highest BCUT2D eigenvalue weighted by Gasteiger charge is 2.23. The predicted molar refractivity (Wildman–Crippen MR) is 122 cm³/mol. The third-order valence-electron chi connectivity index (χ3n) is 5.13. The number of nitrogens with two attached hydrogens (primary N) is 1. The van der Waals surface area contributed by atoms with Crippen LogP contribution in [0.15, 0.2) is 24.3 Å². The van der Waals surface area contributed by atoms with E-state index in [2.05, 4.69) is 24.1 Å². The standard InChI is InChI=1S/C23H35FN4O6/c1-3-4-5-6-7-11-21(31)27-18(13-20(25)30)19(29)10-8-9-12-22(32)34-15-28-14-17(24)16(2)26-23(28)33/h14,18H,2-13,15H2,1H3,(H2,25,30)(H,26,33)(H,27,31)/t18-/m1/s1. The molecule has 0 spiro atoms. The first-order valence-corrected chi connectivity index (χ1v) is 11.5. The van der Waals surface area contributed by atoms with Crippen LogP contribution >= 0.6 is 0 Å². The Labute approximate surface area is 199 Å². The van der Waals surface area contributed by atoms with Crippen LogP contribution in [0.5, 0.6) is 0 Å². The number of Topliss-reactive ketones (excluding diaryl/α,β-unsaturated/α-hetero) is 1. The van der Waals surface area contributed by atoms with Gasteiger partial charge in [-0.15, -0.1) is 0 Å². The molecule has 34 heavy (non-hydrogen) atoms. The zero-order chi connectivity index (χ0) is 25.5. The SMILES string of the molecule is C=C1NC(=O)N(COC(=O)CCCCC(=O)[C@@H](CC(N)=O)NC(=O)CCCCCCC)C=C1F. The second-order valence-corrected chi connectivity index (χ2v) is 8.13. The molecule has 1 heterocycles. The van der Waals surface area contributed by atoms with Crippen LogP contribution in [0.4, 0.5) is 9.18 Å². The molecule has 0 aromatic carbocycles. The zero-order valence-electron chi connectivity index (χ0n) is 19.7. The molecule has 0 radical (unpaired) electrons. The van der Waals surface area contributed by atoms with Crippen LogP contribution < -0.4 is 16.4 Å². The van der Waals surface area contributed by atoms with E-state index < -0.39 is 36.5 Å². The summed E-state index contributed by atoms with van der Waals surface area (Å²) in [6, 6.07) is -1.66. The minimum Gasteiger partial charge on any atom is -0.444 e. The van der Waals surface area contributed by atoms with Gasteiger partial charge >= 0.3 is 12.0 Å². The predicted octanol–water partition coefficient (Wildman–Crippen LogP) is 2.69. The molecule has 11 heteroatoms. The van der Waals surface area contributed by atoms with Gasteiger partial charge in [-0.3, -0.25) is 24.1 Å². The molecule has 0 saturated heterocycles. The first kappa shape index (κ1) is 28.8. The number of ether oxygens (including phenoxy) is 1. The highest BCUT2D eigenvalue weighted by molar-refractivity contribution is 5.92. The summed E-state index contributed by atoms with van der Waals surface area (Å²) in [6.07, 6.45) is 6.43. The number of carbonyl (C=O) groups excluding carboxylic acids is 5. The molecule has 0 saturated carbocycles. The van der Waals surface area contributed by atoms with E-state index >= 15 is 0 Å². The van der Waals surface area contributed by atoms with Gasteiger partial charge in [-0.2, -0.15) is 0 Å². The molecule has 1 aliphatic rings. The van der Waals surface area contributed by atoms with Crippen LogP contribution in [0.1, 0.15) is 77.6 Å². The molecular formula is C23H35FN4O6. The first-order valence-electron chi connectivity index (χ1n) is 11.5. The number of urea groups is 1. The van der Waals surface area contributed by atoms with Crippen molar-refractivity contribution in [1.82, 2.24) is 15.5 Å². The third kappa shape index (κ3) is 11.6. The smallest absolute Gasteiger partial charge is 0.328 e. The lowest BCUT2D eigenvalue weighted by Gasteiger charge is -2.23. The average molecular weight is 483 g/mol. The Morgan fingerprint density at radius 3 is 2.44 bits per heavy atom. The van der Waals surface area contributed by atoms with Crippen molar-refractivity contribution in [3.63, 3.8) is 0 Å². The van der Waals surface area contributed by atoms with Crippen LogP contribution in [0.3, 0.4) is 0 Å². The molecule has 0 unspecified atom stereocenters. The fourth-order valence-electron chi connectivity index (χ4n) is 3.19. The minimum atomic E-state index is -0.985. The van der Waals surface area contributed by atoms with Crippen LogP contribution in [0, 0.1) is 0 Å². The lowest BCUT2D eigenvalue weighted by molar-refractivity contribution is -0.146. The summed E-state index contributed by atoms with van der Waals surface area (Å²) in [6.45, 7) is 4.96. The van der Waals surface area contributed by atoms with Gasteiger partial charge in [0.1, 0.15) is 0 Å². The van der Waals surface area contributed by atoms with Crippen molar-refractivity contribution in [3.8, 4) is 0 Å². The molecule has 0 aromatic heterocycles. The summed E-state index contributed by atoms with van der Waals surface area (Å²) in [5, 5.41) is 4.77. The van der Waals surface area contributed by atoms with Crippen molar-refractivity contribution in [1.29, 1.82) is 0 Å². The first-order chi connectivity index (χ1) is 16.1. The van der Waals surface area contributed by atoms with E-state index in [-0.39, 0.29) is 43.1 Å². The fourth-order valence-corrected chi connectivity index (χ4v) is 3.19. The van der Waals surface area contributed by atoms with Crippen LogP contribution in [-0.2, 0) is 23.9 Å². The Balaban J connectivity index is 2.34. The Hall–Kier alpha value is -3.24. The number of esters is 1. The third-order valence-corrected chi connectivity index (χ3v) is 5.13. The summed E-state index contributed by atoms with van der Waals surface area (Å²) in [5.41, 5.74) is 5.04. The minimum absolute atomic E-state index is 0.0216. The van der Waals surface area contributed by atoms with Gasteiger partial charge in [-0.05, 0) is 19.3 Å². The Bertz CT molecular complexity index is 798. The lowest BCUT2D eigenvalue weighted by Crippen LogP contribution is -2.43. The van der Waals surface area contributed by atoms with E-state index in [1.54, 1.807) is 0 Å². The second-order valence-electron chi connectivity index (χ2n) is 8.13. The number of halogens is 1. The van der Waals surface area contributed by atoms with Crippen molar-refractivity contribution in [3.05, 3.63) is 24.3 Å². The molecule has 0 bridgehead atoms. The quantitative estimate of drug-likeness (QED) is 0.214.